The Labute approximate surface area is 67.9 Å². The van der Waals surface area contributed by atoms with Gasteiger partial charge >= 0.3 is 0 Å². The summed E-state index contributed by atoms with van der Waals surface area (Å²) in [5, 5.41) is 0. The van der Waals surface area contributed by atoms with E-state index in [1.165, 1.54) is 0 Å². The number of hydrogen-bond donors (Lipinski definition) is 0. The number of ether oxygens (including phenoxy) is 1. The van der Waals surface area contributed by atoms with Crippen LogP contribution >= 0.6 is 0 Å². The normalized spacial score (nSPS) is 32.2. The van der Waals surface area contributed by atoms with Crippen molar-refractivity contribution in [3.05, 3.63) is 0 Å². The van der Waals surface area contributed by atoms with E-state index in [4.69, 9.17) is 4.74 Å². The van der Waals surface area contributed by atoms with Crippen molar-refractivity contribution in [3.8, 4) is 0 Å². The molecule has 1 rings (SSSR count). The minimum Gasteiger partial charge on any atom is -0.381 e. The zero-order valence-electron chi connectivity index (χ0n) is 7.18. The van der Waals surface area contributed by atoms with Crippen molar-refractivity contribution in [2.75, 3.05) is 13.2 Å². The van der Waals surface area contributed by atoms with Gasteiger partial charge in [-0.1, -0.05) is 0 Å². The maximum absolute atomic E-state index is 12.6. The molecule has 1 saturated carbocycles. The van der Waals surface area contributed by atoms with Gasteiger partial charge in [0.25, 0.3) is 0 Å². The summed E-state index contributed by atoms with van der Waals surface area (Å²) in [5.74, 6) is 0.627. The molecular formula is C9H17FO. The minimum absolute atomic E-state index is 0.534. The topological polar surface area (TPSA) is 9.23 Å². The van der Waals surface area contributed by atoms with Crippen LogP contribution in [0.5, 0.6) is 0 Å². The zero-order chi connectivity index (χ0) is 8.10. The molecule has 0 atom stereocenters. The highest BCUT2D eigenvalue weighted by Crippen LogP contribution is 2.26. The lowest BCUT2D eigenvalue weighted by Crippen LogP contribution is -2.19. The van der Waals surface area contributed by atoms with E-state index >= 15 is 0 Å². The zero-order valence-corrected chi connectivity index (χ0v) is 7.18. The lowest BCUT2D eigenvalue weighted by atomic mass is 9.89. The first kappa shape index (κ1) is 8.98. The molecule has 0 N–H and O–H groups in total. The van der Waals surface area contributed by atoms with Gasteiger partial charge < -0.3 is 4.74 Å². The Balaban J connectivity index is 2.07. The van der Waals surface area contributed by atoms with Gasteiger partial charge in [0, 0.05) is 13.2 Å². The van der Waals surface area contributed by atoms with Crippen LogP contribution in [-0.4, -0.2) is 19.4 Å². The van der Waals surface area contributed by atoms with Gasteiger partial charge in [0.05, 0.1) is 0 Å². The van der Waals surface area contributed by atoms with Gasteiger partial charge in [0.15, 0.2) is 0 Å². The van der Waals surface area contributed by atoms with E-state index in [1.54, 1.807) is 0 Å². The van der Waals surface area contributed by atoms with Crippen LogP contribution in [0.3, 0.4) is 0 Å². The summed E-state index contributed by atoms with van der Waals surface area (Å²) < 4.78 is 17.9. The molecule has 1 aliphatic carbocycles. The van der Waals surface area contributed by atoms with Crippen molar-refractivity contribution in [2.45, 2.75) is 38.8 Å². The summed E-state index contributed by atoms with van der Waals surface area (Å²) in [5.41, 5.74) is 0. The van der Waals surface area contributed by atoms with Gasteiger partial charge in [0.2, 0.25) is 0 Å². The lowest BCUT2D eigenvalue weighted by Gasteiger charge is -2.23. The number of alkyl halides is 1. The van der Waals surface area contributed by atoms with E-state index in [0.717, 1.165) is 38.9 Å². The van der Waals surface area contributed by atoms with Crippen LogP contribution in [0.4, 0.5) is 4.39 Å². The Hall–Kier alpha value is -0.110. The second kappa shape index (κ2) is 4.70. The second-order valence-corrected chi connectivity index (χ2v) is 3.28. The van der Waals surface area contributed by atoms with Gasteiger partial charge in [0.1, 0.15) is 6.17 Å². The third kappa shape index (κ3) is 3.19. The molecule has 66 valence electrons. The van der Waals surface area contributed by atoms with Crippen LogP contribution in [0, 0.1) is 5.92 Å². The summed E-state index contributed by atoms with van der Waals surface area (Å²) in [6.45, 7) is 3.62. The third-order valence-corrected chi connectivity index (χ3v) is 2.33. The molecule has 0 saturated heterocycles. The van der Waals surface area contributed by atoms with E-state index in [0.29, 0.717) is 5.92 Å². The van der Waals surface area contributed by atoms with E-state index in [2.05, 4.69) is 0 Å². The molecule has 0 spiro atoms. The largest absolute Gasteiger partial charge is 0.381 e. The summed E-state index contributed by atoms with van der Waals surface area (Å²) >= 11 is 0. The standard InChI is InChI=1S/C9H17FO/c1-2-11-7-8-3-5-9(10)6-4-8/h8-9H,2-7H2,1H3. The predicted octanol–water partition coefficient (Wildman–Crippen LogP) is 2.55. The average molecular weight is 160 g/mol. The highest BCUT2D eigenvalue weighted by atomic mass is 19.1. The molecule has 1 nitrogen and oxygen atoms in total. The Morgan fingerprint density at radius 3 is 2.45 bits per heavy atom. The van der Waals surface area contributed by atoms with E-state index in [9.17, 15) is 4.39 Å². The number of halogens is 1. The van der Waals surface area contributed by atoms with Crippen LogP contribution in [-0.2, 0) is 4.74 Å². The molecule has 0 radical (unpaired) electrons. The van der Waals surface area contributed by atoms with Crippen molar-refractivity contribution in [2.24, 2.45) is 5.92 Å². The van der Waals surface area contributed by atoms with Crippen LogP contribution < -0.4 is 0 Å². The molecule has 0 aromatic carbocycles. The quantitative estimate of drug-likeness (QED) is 0.616. The minimum atomic E-state index is -0.534. The molecule has 0 amide bonds. The van der Waals surface area contributed by atoms with Gasteiger partial charge in [-0.3, -0.25) is 0 Å². The number of rotatable bonds is 3. The van der Waals surface area contributed by atoms with Crippen molar-refractivity contribution >= 4 is 0 Å². The van der Waals surface area contributed by atoms with E-state index < -0.39 is 6.17 Å². The first-order valence-corrected chi connectivity index (χ1v) is 4.54. The van der Waals surface area contributed by atoms with E-state index in [1.807, 2.05) is 6.92 Å². The summed E-state index contributed by atoms with van der Waals surface area (Å²) in [7, 11) is 0. The maximum Gasteiger partial charge on any atom is 0.100 e. The molecule has 0 aliphatic heterocycles. The molecule has 0 aromatic rings. The van der Waals surface area contributed by atoms with Crippen molar-refractivity contribution in [1.29, 1.82) is 0 Å². The Morgan fingerprint density at radius 2 is 1.91 bits per heavy atom. The third-order valence-electron chi connectivity index (χ3n) is 2.33. The second-order valence-electron chi connectivity index (χ2n) is 3.28. The monoisotopic (exact) mass is 160 g/mol. The molecule has 0 unspecified atom stereocenters. The van der Waals surface area contributed by atoms with Crippen LogP contribution in [0.15, 0.2) is 0 Å². The smallest absolute Gasteiger partial charge is 0.100 e. The number of hydrogen-bond acceptors (Lipinski definition) is 1. The first-order valence-electron chi connectivity index (χ1n) is 4.54. The average Bonchev–Trinajstić information content (AvgIpc) is 2.04. The van der Waals surface area contributed by atoms with E-state index in [-0.39, 0.29) is 0 Å². The molecule has 0 heterocycles. The summed E-state index contributed by atoms with van der Waals surface area (Å²) in [6.07, 6.45) is 2.99. The van der Waals surface area contributed by atoms with Gasteiger partial charge in [-0.05, 0) is 38.5 Å². The molecule has 0 bridgehead atoms. The fourth-order valence-corrected chi connectivity index (χ4v) is 1.57. The van der Waals surface area contributed by atoms with Gasteiger partial charge in [-0.15, -0.1) is 0 Å². The summed E-state index contributed by atoms with van der Waals surface area (Å²) in [6, 6.07) is 0. The Kier molecular flexibility index (Phi) is 3.84. The van der Waals surface area contributed by atoms with Crippen LogP contribution in [0.25, 0.3) is 0 Å². The van der Waals surface area contributed by atoms with Crippen LogP contribution in [0.2, 0.25) is 0 Å². The van der Waals surface area contributed by atoms with Crippen molar-refractivity contribution in [1.82, 2.24) is 0 Å². The molecular weight excluding hydrogens is 143 g/mol. The highest BCUT2D eigenvalue weighted by molar-refractivity contribution is 4.71. The highest BCUT2D eigenvalue weighted by Gasteiger charge is 2.19. The SMILES string of the molecule is CCOCC1CCC(F)CC1. The molecule has 0 aromatic heterocycles. The van der Waals surface area contributed by atoms with Crippen molar-refractivity contribution < 1.29 is 9.13 Å². The van der Waals surface area contributed by atoms with Crippen molar-refractivity contribution in [3.63, 3.8) is 0 Å². The molecule has 1 aliphatic rings. The molecule has 2 heteroatoms. The fourth-order valence-electron chi connectivity index (χ4n) is 1.57. The fraction of sp³-hybridized carbons (Fsp3) is 1.00. The predicted molar refractivity (Wildman–Crippen MR) is 43.3 cm³/mol. The van der Waals surface area contributed by atoms with Crippen LogP contribution in [0.1, 0.15) is 32.6 Å². The molecule has 11 heavy (non-hydrogen) atoms. The molecule has 1 fully saturated rings. The first-order chi connectivity index (χ1) is 5.33. The van der Waals surface area contributed by atoms with Gasteiger partial charge in [-0.2, -0.15) is 0 Å². The summed E-state index contributed by atoms with van der Waals surface area (Å²) in [4.78, 5) is 0. The Morgan fingerprint density at radius 1 is 1.27 bits per heavy atom. The van der Waals surface area contributed by atoms with Gasteiger partial charge in [-0.25, -0.2) is 4.39 Å². The maximum atomic E-state index is 12.6. The lowest BCUT2D eigenvalue weighted by molar-refractivity contribution is 0.0804. The Bertz CT molecular complexity index is 95.0.